The summed E-state index contributed by atoms with van der Waals surface area (Å²) in [5.74, 6) is 0.521. The van der Waals surface area contributed by atoms with Crippen molar-refractivity contribution in [2.24, 2.45) is 0 Å². The minimum absolute atomic E-state index is 0.321. The van der Waals surface area contributed by atoms with Crippen LogP contribution in [0.1, 0.15) is 12.5 Å². The van der Waals surface area contributed by atoms with Gasteiger partial charge >= 0.3 is 5.69 Å². The summed E-state index contributed by atoms with van der Waals surface area (Å²) in [6.07, 6.45) is 1.59. The molecule has 142 valence electrons. The molecular formula is C19H15Cl2N5O2. The number of nitrogens with one attached hydrogen (secondary N) is 1. The van der Waals surface area contributed by atoms with Crippen molar-refractivity contribution in [1.29, 1.82) is 0 Å². The van der Waals surface area contributed by atoms with Crippen LogP contribution in [0.2, 0.25) is 10.2 Å². The summed E-state index contributed by atoms with van der Waals surface area (Å²) in [5, 5.41) is 0.978. The van der Waals surface area contributed by atoms with Crippen molar-refractivity contribution in [3.8, 4) is 11.4 Å². The molecule has 0 aliphatic heterocycles. The van der Waals surface area contributed by atoms with Crippen LogP contribution in [0.5, 0.6) is 0 Å². The Labute approximate surface area is 169 Å². The van der Waals surface area contributed by atoms with Gasteiger partial charge in [0.05, 0.1) is 0 Å². The fraction of sp³-hybridized carbons (Fsp3) is 0.158. The van der Waals surface area contributed by atoms with Gasteiger partial charge in [-0.15, -0.1) is 0 Å². The predicted octanol–water partition coefficient (Wildman–Crippen LogP) is 3.32. The van der Waals surface area contributed by atoms with Crippen LogP contribution in [0.15, 0.2) is 52.2 Å². The number of imidazole rings is 1. The van der Waals surface area contributed by atoms with Gasteiger partial charge in [-0.1, -0.05) is 35.3 Å². The molecule has 3 heterocycles. The highest BCUT2D eigenvalue weighted by Gasteiger charge is 2.19. The van der Waals surface area contributed by atoms with Crippen LogP contribution < -0.4 is 11.2 Å². The molecule has 1 aromatic carbocycles. The van der Waals surface area contributed by atoms with Crippen molar-refractivity contribution >= 4 is 34.4 Å². The molecule has 0 aliphatic carbocycles. The van der Waals surface area contributed by atoms with Gasteiger partial charge in [0.1, 0.15) is 11.0 Å². The number of halogens is 2. The highest BCUT2D eigenvalue weighted by Crippen LogP contribution is 2.24. The monoisotopic (exact) mass is 415 g/mol. The van der Waals surface area contributed by atoms with Gasteiger partial charge in [-0.25, -0.2) is 14.8 Å². The lowest BCUT2D eigenvalue weighted by Gasteiger charge is -2.09. The molecule has 0 atom stereocenters. The average molecular weight is 416 g/mol. The summed E-state index contributed by atoms with van der Waals surface area (Å²) in [6.45, 7) is 2.57. The normalized spacial score (nSPS) is 11.2. The van der Waals surface area contributed by atoms with Crippen LogP contribution in [-0.2, 0) is 13.1 Å². The third-order valence-corrected chi connectivity index (χ3v) is 4.92. The van der Waals surface area contributed by atoms with E-state index in [1.165, 1.54) is 4.57 Å². The van der Waals surface area contributed by atoms with E-state index < -0.39 is 11.2 Å². The minimum atomic E-state index is -0.489. The highest BCUT2D eigenvalue weighted by molar-refractivity contribution is 6.30. The topological polar surface area (TPSA) is 85.6 Å². The Bertz CT molecular complexity index is 1270. The number of aromatic amines is 1. The van der Waals surface area contributed by atoms with E-state index >= 15 is 0 Å². The van der Waals surface area contributed by atoms with Crippen molar-refractivity contribution in [3.63, 3.8) is 0 Å². The van der Waals surface area contributed by atoms with Crippen LogP contribution in [0.4, 0.5) is 0 Å². The van der Waals surface area contributed by atoms with Gasteiger partial charge in [-0.2, -0.15) is 0 Å². The smallest absolute Gasteiger partial charge is 0.314 e. The lowest BCUT2D eigenvalue weighted by atomic mass is 10.2. The summed E-state index contributed by atoms with van der Waals surface area (Å²) in [7, 11) is 0. The first-order valence-electron chi connectivity index (χ1n) is 8.57. The number of aromatic nitrogens is 5. The number of hydrogen-bond acceptors (Lipinski definition) is 4. The SMILES string of the molecule is CCn1c(=O)[nH]c(=O)c2c1nc(-c1ccc(Cl)nc1)n2Cc1ccc(Cl)cc1. The molecule has 9 heteroatoms. The number of rotatable bonds is 4. The van der Waals surface area contributed by atoms with Crippen LogP contribution in [0.3, 0.4) is 0 Å². The van der Waals surface area contributed by atoms with E-state index in [2.05, 4.69) is 15.0 Å². The van der Waals surface area contributed by atoms with Crippen LogP contribution in [0.25, 0.3) is 22.6 Å². The maximum atomic E-state index is 12.6. The van der Waals surface area contributed by atoms with Crippen molar-refractivity contribution < 1.29 is 0 Å². The van der Waals surface area contributed by atoms with E-state index in [0.29, 0.717) is 45.8 Å². The van der Waals surface area contributed by atoms with Crippen LogP contribution >= 0.6 is 23.2 Å². The number of fused-ring (bicyclic) bond motifs is 1. The van der Waals surface area contributed by atoms with Gasteiger partial charge in [0.2, 0.25) is 0 Å². The zero-order valence-electron chi connectivity index (χ0n) is 14.8. The maximum Gasteiger partial charge on any atom is 0.330 e. The van der Waals surface area contributed by atoms with E-state index in [4.69, 9.17) is 23.2 Å². The summed E-state index contributed by atoms with van der Waals surface area (Å²) < 4.78 is 3.20. The first-order chi connectivity index (χ1) is 13.5. The molecule has 0 saturated heterocycles. The van der Waals surface area contributed by atoms with Crippen molar-refractivity contribution in [1.82, 2.24) is 24.1 Å². The van der Waals surface area contributed by atoms with Gasteiger partial charge < -0.3 is 4.57 Å². The van der Waals surface area contributed by atoms with Crippen molar-refractivity contribution in [3.05, 3.63) is 79.2 Å². The summed E-state index contributed by atoms with van der Waals surface area (Å²) >= 11 is 11.9. The van der Waals surface area contributed by atoms with Crippen molar-refractivity contribution in [2.75, 3.05) is 0 Å². The quantitative estimate of drug-likeness (QED) is 0.518. The molecular weight excluding hydrogens is 401 g/mol. The molecule has 4 rings (SSSR count). The number of aryl methyl sites for hydroxylation is 1. The third kappa shape index (κ3) is 3.23. The van der Waals surface area contributed by atoms with E-state index in [1.54, 1.807) is 35.0 Å². The van der Waals surface area contributed by atoms with Gasteiger partial charge in [0, 0.05) is 29.9 Å². The highest BCUT2D eigenvalue weighted by atomic mass is 35.5. The summed E-state index contributed by atoms with van der Waals surface area (Å²) in [4.78, 5) is 35.9. The first kappa shape index (κ1) is 18.5. The number of H-pyrrole nitrogens is 1. The van der Waals surface area contributed by atoms with Gasteiger partial charge in [0.15, 0.2) is 11.2 Å². The van der Waals surface area contributed by atoms with Gasteiger partial charge in [-0.3, -0.25) is 14.3 Å². The third-order valence-electron chi connectivity index (χ3n) is 4.44. The Morgan fingerprint density at radius 3 is 2.43 bits per heavy atom. The first-order valence-corrected chi connectivity index (χ1v) is 9.33. The second kappa shape index (κ2) is 7.26. The molecule has 28 heavy (non-hydrogen) atoms. The summed E-state index contributed by atoms with van der Waals surface area (Å²) in [6, 6.07) is 10.7. The van der Waals surface area contributed by atoms with E-state index in [-0.39, 0.29) is 0 Å². The van der Waals surface area contributed by atoms with E-state index in [1.807, 2.05) is 19.1 Å². The lowest BCUT2D eigenvalue weighted by molar-refractivity contribution is 0.717. The van der Waals surface area contributed by atoms with E-state index in [0.717, 1.165) is 5.56 Å². The van der Waals surface area contributed by atoms with Crippen molar-refractivity contribution in [2.45, 2.75) is 20.0 Å². The lowest BCUT2D eigenvalue weighted by Crippen LogP contribution is -2.30. The molecule has 4 aromatic rings. The largest absolute Gasteiger partial charge is 0.330 e. The molecule has 0 fully saturated rings. The Morgan fingerprint density at radius 1 is 1.04 bits per heavy atom. The fourth-order valence-corrected chi connectivity index (χ4v) is 3.36. The van der Waals surface area contributed by atoms with Gasteiger partial charge in [-0.05, 0) is 36.8 Å². The average Bonchev–Trinajstić information content (AvgIpc) is 3.04. The zero-order valence-corrected chi connectivity index (χ0v) is 16.3. The Kier molecular flexibility index (Phi) is 4.78. The molecule has 0 spiro atoms. The molecule has 1 N–H and O–H groups in total. The second-order valence-corrected chi connectivity index (χ2v) is 7.02. The molecule has 0 radical (unpaired) electrons. The maximum absolute atomic E-state index is 12.6. The molecule has 0 bridgehead atoms. The van der Waals surface area contributed by atoms with Crippen LogP contribution in [-0.4, -0.2) is 24.1 Å². The second-order valence-electron chi connectivity index (χ2n) is 6.19. The number of pyridine rings is 1. The predicted molar refractivity (Wildman–Crippen MR) is 109 cm³/mol. The zero-order chi connectivity index (χ0) is 19.8. The number of benzene rings is 1. The standard InChI is InChI=1S/C19H15Cl2N5O2/c1-2-25-17-15(18(27)24-19(25)28)26(10-11-3-6-13(20)7-4-11)16(23-17)12-5-8-14(21)22-9-12/h3-9H,2,10H2,1H3,(H,24,27,28). The molecule has 3 aromatic heterocycles. The Balaban J connectivity index is 2.02. The Hall–Kier alpha value is -2.90. The molecule has 0 amide bonds. The van der Waals surface area contributed by atoms with E-state index in [9.17, 15) is 9.59 Å². The minimum Gasteiger partial charge on any atom is -0.314 e. The number of nitrogens with zero attached hydrogens (tertiary/aromatic N) is 4. The molecule has 7 nitrogen and oxygen atoms in total. The van der Waals surface area contributed by atoms with Gasteiger partial charge in [0.25, 0.3) is 5.56 Å². The molecule has 0 saturated carbocycles. The Morgan fingerprint density at radius 2 is 1.79 bits per heavy atom. The fourth-order valence-electron chi connectivity index (χ4n) is 3.12. The molecule has 0 unspecified atom stereocenters. The van der Waals surface area contributed by atoms with Crippen LogP contribution in [0, 0.1) is 0 Å². The summed E-state index contributed by atoms with van der Waals surface area (Å²) in [5.41, 5.74) is 1.29. The molecule has 0 aliphatic rings. The number of hydrogen-bond donors (Lipinski definition) is 1.